The number of carbonyl (C=O) groups excluding carboxylic acids is 4. The van der Waals surface area contributed by atoms with E-state index in [2.05, 4.69) is 9.88 Å². The summed E-state index contributed by atoms with van der Waals surface area (Å²) in [5, 5.41) is 12.8. The zero-order chi connectivity index (χ0) is 36.6. The number of aryl methyl sites for hydroxylation is 2. The van der Waals surface area contributed by atoms with Gasteiger partial charge in [-0.3, -0.25) is 19.2 Å². The molecule has 270 valence electrons. The molecule has 4 rings (SSSR count). The number of nitrogens with one attached hydrogen (secondary N) is 1. The summed E-state index contributed by atoms with van der Waals surface area (Å²) in [4.78, 5) is 70.2. The van der Waals surface area contributed by atoms with Gasteiger partial charge in [0.1, 0.15) is 5.78 Å². The number of amides is 1. The van der Waals surface area contributed by atoms with Crippen molar-refractivity contribution in [1.82, 2.24) is 9.62 Å². The van der Waals surface area contributed by atoms with Crippen molar-refractivity contribution < 1.29 is 42.3 Å². The number of carbonyl (C=O) groups is 5. The second-order valence-electron chi connectivity index (χ2n) is 13.4. The number of sulfonamides is 1. The van der Waals surface area contributed by atoms with Crippen LogP contribution >= 0.6 is 0 Å². The third kappa shape index (κ3) is 10.2. The van der Waals surface area contributed by atoms with Crippen LogP contribution < -0.4 is 4.72 Å². The van der Waals surface area contributed by atoms with Crippen molar-refractivity contribution >= 4 is 45.1 Å². The van der Waals surface area contributed by atoms with E-state index in [9.17, 15) is 32.4 Å². The molecular formula is C37H47N3O9S. The number of oxime groups is 1. The minimum atomic E-state index is -4.28. The molecule has 2 aromatic carbocycles. The zero-order valence-electron chi connectivity index (χ0n) is 29.2. The molecule has 0 aromatic heterocycles. The Balaban J connectivity index is 1.61. The third-order valence-electron chi connectivity index (χ3n) is 9.57. The molecule has 50 heavy (non-hydrogen) atoms. The molecule has 2 aliphatic rings. The quantitative estimate of drug-likeness (QED) is 0.175. The first-order chi connectivity index (χ1) is 23.7. The zero-order valence-corrected chi connectivity index (χ0v) is 30.1. The molecule has 2 N–H and O–H groups in total. The van der Waals surface area contributed by atoms with E-state index in [0.29, 0.717) is 35.5 Å². The lowest BCUT2D eigenvalue weighted by atomic mass is 9.88. The van der Waals surface area contributed by atoms with Crippen molar-refractivity contribution in [2.75, 3.05) is 13.1 Å². The average molecular weight is 710 g/mol. The normalized spacial score (nSPS) is 16.0. The highest BCUT2D eigenvalue weighted by Gasteiger charge is 2.34. The van der Waals surface area contributed by atoms with E-state index < -0.39 is 46.1 Å². The summed E-state index contributed by atoms with van der Waals surface area (Å²) in [5.74, 6) is -3.40. The largest absolute Gasteiger partial charge is 0.481 e. The number of carboxylic acids is 1. The number of aliphatic carboxylic acids is 1. The van der Waals surface area contributed by atoms with Gasteiger partial charge in [0.15, 0.2) is 5.78 Å². The number of hydrogen-bond donors (Lipinski definition) is 2. The molecule has 13 heteroatoms. The number of benzene rings is 2. The molecule has 0 unspecified atom stereocenters. The number of ketones is 2. The van der Waals surface area contributed by atoms with Crippen molar-refractivity contribution in [3.63, 3.8) is 0 Å². The van der Waals surface area contributed by atoms with E-state index in [4.69, 9.17) is 9.94 Å². The Labute approximate surface area is 293 Å². The van der Waals surface area contributed by atoms with E-state index in [1.807, 2.05) is 13.8 Å². The Morgan fingerprint density at radius 3 is 2.20 bits per heavy atom. The van der Waals surface area contributed by atoms with Crippen LogP contribution in [-0.4, -0.2) is 72.7 Å². The topological polar surface area (TPSA) is 177 Å². The molecule has 0 spiro atoms. The van der Waals surface area contributed by atoms with Gasteiger partial charge >= 0.3 is 11.9 Å². The second kappa shape index (κ2) is 17.1. The van der Waals surface area contributed by atoms with E-state index in [-0.39, 0.29) is 61.5 Å². The lowest BCUT2D eigenvalue weighted by Gasteiger charge is -2.31. The second-order valence-corrected chi connectivity index (χ2v) is 15.1. The van der Waals surface area contributed by atoms with Crippen LogP contribution in [0.3, 0.4) is 0 Å². The first kappa shape index (κ1) is 38.6. The molecule has 12 nitrogen and oxygen atoms in total. The van der Waals surface area contributed by atoms with Gasteiger partial charge in [-0.05, 0) is 99.6 Å². The molecule has 2 aliphatic heterocycles. The Kier molecular flexibility index (Phi) is 13.2. The number of rotatable bonds is 17. The van der Waals surface area contributed by atoms with Crippen molar-refractivity contribution in [3.8, 4) is 0 Å². The highest BCUT2D eigenvalue weighted by atomic mass is 32.2. The number of likely N-dealkylation sites (tertiary alicyclic amines) is 1. The number of Topliss-reactive ketones (excluding diaryl/α,β-unsaturated/α-hetero) is 2. The Morgan fingerprint density at radius 2 is 1.58 bits per heavy atom. The predicted octanol–water partition coefficient (Wildman–Crippen LogP) is 4.65. The summed E-state index contributed by atoms with van der Waals surface area (Å²) in [7, 11) is -4.28. The fourth-order valence-electron chi connectivity index (χ4n) is 6.65. The van der Waals surface area contributed by atoms with Crippen molar-refractivity contribution in [2.24, 2.45) is 11.1 Å². The summed E-state index contributed by atoms with van der Waals surface area (Å²) in [6, 6.07) is 7.48. The minimum absolute atomic E-state index is 0.00903. The van der Waals surface area contributed by atoms with E-state index in [1.165, 1.54) is 0 Å². The smallest absolute Gasteiger partial charge is 0.341 e. The highest BCUT2D eigenvalue weighted by molar-refractivity contribution is 7.89. The van der Waals surface area contributed by atoms with Gasteiger partial charge in [-0.25, -0.2) is 17.9 Å². The van der Waals surface area contributed by atoms with Gasteiger partial charge in [-0.1, -0.05) is 35.5 Å². The molecule has 0 aliphatic carbocycles. The van der Waals surface area contributed by atoms with Crippen LogP contribution in [0.15, 0.2) is 40.4 Å². The fraction of sp³-hybridized carbons (Fsp3) is 0.514. The maximum Gasteiger partial charge on any atom is 0.341 e. The van der Waals surface area contributed by atoms with E-state index in [0.717, 1.165) is 36.0 Å². The number of hydrogen-bond acceptors (Lipinski definition) is 9. The van der Waals surface area contributed by atoms with Crippen molar-refractivity contribution in [2.45, 2.75) is 109 Å². The van der Waals surface area contributed by atoms with Crippen LogP contribution in [0.25, 0.3) is 0 Å². The number of unbranched alkanes of at least 4 members (excludes halogenated alkanes) is 1. The van der Waals surface area contributed by atoms with E-state index in [1.54, 1.807) is 49.1 Å². The van der Waals surface area contributed by atoms with Crippen LogP contribution in [0, 0.1) is 33.6 Å². The maximum absolute atomic E-state index is 14.2. The highest BCUT2D eigenvalue weighted by Crippen LogP contribution is 2.27. The molecular weight excluding hydrogens is 662 g/mol. The Bertz CT molecular complexity index is 1760. The molecule has 1 fully saturated rings. The van der Waals surface area contributed by atoms with Gasteiger partial charge in [-0.15, -0.1) is 0 Å². The minimum Gasteiger partial charge on any atom is -0.481 e. The summed E-state index contributed by atoms with van der Waals surface area (Å²) >= 11 is 0. The van der Waals surface area contributed by atoms with Crippen LogP contribution in [0.4, 0.5) is 0 Å². The summed E-state index contributed by atoms with van der Waals surface area (Å²) in [5.41, 5.74) is 4.72. The molecule has 0 radical (unpaired) electrons. The van der Waals surface area contributed by atoms with Gasteiger partial charge in [0.05, 0.1) is 23.1 Å². The van der Waals surface area contributed by atoms with Crippen molar-refractivity contribution in [1.29, 1.82) is 0 Å². The fourth-order valence-corrected chi connectivity index (χ4v) is 8.40. The van der Waals surface area contributed by atoms with Gasteiger partial charge in [0.25, 0.3) is 0 Å². The molecule has 1 saturated heterocycles. The van der Waals surface area contributed by atoms with Gasteiger partial charge in [-0.2, -0.15) is 0 Å². The van der Waals surface area contributed by atoms with E-state index >= 15 is 0 Å². The van der Waals surface area contributed by atoms with Gasteiger partial charge < -0.3 is 14.8 Å². The first-order valence-corrected chi connectivity index (χ1v) is 18.6. The summed E-state index contributed by atoms with van der Waals surface area (Å²) < 4.78 is 30.4. The van der Waals surface area contributed by atoms with Crippen LogP contribution in [-0.2, 0) is 45.3 Å². The molecule has 0 bridgehead atoms. The van der Waals surface area contributed by atoms with Gasteiger partial charge in [0, 0.05) is 44.7 Å². The van der Waals surface area contributed by atoms with Crippen molar-refractivity contribution in [3.05, 3.63) is 63.7 Å². The lowest BCUT2D eigenvalue weighted by molar-refractivity contribution is -0.140. The lowest BCUT2D eigenvalue weighted by Crippen LogP contribution is -2.46. The predicted molar refractivity (Wildman–Crippen MR) is 186 cm³/mol. The van der Waals surface area contributed by atoms with Crippen LogP contribution in [0.1, 0.15) is 97.6 Å². The SMILES string of the molecule is Cc1cc(C)c(S(=O)(=O)N[C@@H](CC(=O)CCCCC(=O)O)C(=O)C[C@H](Cc2ccc(C3=NOC(=O)C3)cc2)C(=O)N2CCCCC2)c(C)c1C. The number of nitrogens with zero attached hydrogens (tertiary/aromatic N) is 2. The molecule has 2 atom stereocenters. The van der Waals surface area contributed by atoms with Crippen LogP contribution in [0.2, 0.25) is 0 Å². The Morgan fingerprint density at radius 1 is 0.920 bits per heavy atom. The number of carboxylic acid groups (broad SMARTS) is 1. The molecule has 2 aromatic rings. The third-order valence-corrected chi connectivity index (χ3v) is 11.3. The average Bonchev–Trinajstić information content (AvgIpc) is 3.51. The monoisotopic (exact) mass is 709 g/mol. The summed E-state index contributed by atoms with van der Waals surface area (Å²) in [6.45, 7) is 8.22. The Hall–Kier alpha value is -4.23. The number of piperidine rings is 1. The molecule has 0 saturated carbocycles. The standard InChI is InChI=1S/C37H47N3O9S/c1-23-18-24(2)36(26(4)25(23)3)50(47,48)39-32(21-30(41)10-6-7-11-34(43)44)33(42)20-29(37(46)40-16-8-5-9-17-40)19-27-12-14-28(15-13-27)31-22-35(45)49-38-31/h12-15,18,29,32,39H,5-11,16-17,19-22H2,1-4H3,(H,43,44)/t29-,32-/m0/s1. The molecule has 1 amide bonds. The summed E-state index contributed by atoms with van der Waals surface area (Å²) in [6.07, 6.45) is 2.67. The maximum atomic E-state index is 14.2. The first-order valence-electron chi connectivity index (χ1n) is 17.2. The van der Waals surface area contributed by atoms with Gasteiger partial charge in [0.2, 0.25) is 15.9 Å². The van der Waals surface area contributed by atoms with Crippen LogP contribution in [0.5, 0.6) is 0 Å². The molecule has 2 heterocycles.